The van der Waals surface area contributed by atoms with Crippen LogP contribution in [0.25, 0.3) is 0 Å². The Labute approximate surface area is 94.0 Å². The van der Waals surface area contributed by atoms with E-state index in [1.54, 1.807) is 5.56 Å². The predicted molar refractivity (Wildman–Crippen MR) is 62.3 cm³/mol. The van der Waals surface area contributed by atoms with Crippen LogP contribution in [0.4, 0.5) is 0 Å². The fourth-order valence-corrected chi connectivity index (χ4v) is 3.80. The highest BCUT2D eigenvalue weighted by Gasteiger charge is 2.34. The van der Waals surface area contributed by atoms with Crippen LogP contribution in [-0.2, 0) is 0 Å². The molecule has 1 fully saturated rings. The molecule has 1 aliphatic heterocycles. The first-order chi connectivity index (χ1) is 6.84. The van der Waals surface area contributed by atoms with E-state index in [2.05, 4.69) is 12.1 Å². The molecule has 2 aliphatic rings. The zero-order valence-electron chi connectivity index (χ0n) is 8.00. The molecular formula is C12H13ClS. The van der Waals surface area contributed by atoms with E-state index in [0.29, 0.717) is 0 Å². The molecule has 1 saturated carbocycles. The van der Waals surface area contributed by atoms with Gasteiger partial charge in [0.05, 0.1) is 0 Å². The van der Waals surface area contributed by atoms with Crippen molar-refractivity contribution in [1.82, 2.24) is 0 Å². The van der Waals surface area contributed by atoms with Crippen molar-refractivity contribution >= 4 is 23.4 Å². The summed E-state index contributed by atoms with van der Waals surface area (Å²) in [7, 11) is 0. The van der Waals surface area contributed by atoms with Gasteiger partial charge in [0.25, 0.3) is 0 Å². The maximum atomic E-state index is 6.01. The summed E-state index contributed by atoms with van der Waals surface area (Å²) in [6, 6.07) is 6.42. The second-order valence-corrected chi connectivity index (χ2v) is 5.84. The summed E-state index contributed by atoms with van der Waals surface area (Å²) in [4.78, 5) is 1.43. The summed E-state index contributed by atoms with van der Waals surface area (Å²) in [5, 5.41) is 0.882. The van der Waals surface area contributed by atoms with Gasteiger partial charge in [0, 0.05) is 9.92 Å². The van der Waals surface area contributed by atoms with Crippen LogP contribution in [0.15, 0.2) is 23.1 Å². The second-order valence-electron chi connectivity index (χ2n) is 4.26. The number of benzene rings is 1. The zero-order chi connectivity index (χ0) is 9.54. The number of halogens is 1. The fourth-order valence-electron chi connectivity index (χ4n) is 2.38. The molecule has 1 aliphatic carbocycles. The SMILES string of the molecule is Clc1ccc2c(c1)SCCC2C1CC1. The average molecular weight is 225 g/mol. The average Bonchev–Trinajstić information content (AvgIpc) is 2.99. The normalized spacial score (nSPS) is 25.9. The number of fused-ring (bicyclic) bond motifs is 1. The van der Waals surface area contributed by atoms with E-state index >= 15 is 0 Å². The van der Waals surface area contributed by atoms with Gasteiger partial charge in [0.15, 0.2) is 0 Å². The minimum Gasteiger partial charge on any atom is -0.126 e. The summed E-state index contributed by atoms with van der Waals surface area (Å²) in [6.07, 6.45) is 4.25. The minimum absolute atomic E-state index is 0.837. The summed E-state index contributed by atoms with van der Waals surface area (Å²) < 4.78 is 0. The molecule has 0 saturated heterocycles. The first-order valence-corrected chi connectivity index (χ1v) is 6.63. The van der Waals surface area contributed by atoms with Crippen LogP contribution >= 0.6 is 23.4 Å². The highest BCUT2D eigenvalue weighted by Crippen LogP contribution is 2.50. The van der Waals surface area contributed by atoms with E-state index in [9.17, 15) is 0 Å². The standard InChI is InChI=1S/C12H13ClS/c13-9-3-4-11-10(8-1-2-8)5-6-14-12(11)7-9/h3-4,7-8,10H,1-2,5-6H2. The third-order valence-electron chi connectivity index (χ3n) is 3.25. The quantitative estimate of drug-likeness (QED) is 0.684. The predicted octanol–water partition coefficient (Wildman–Crippen LogP) is 4.33. The first-order valence-electron chi connectivity index (χ1n) is 5.27. The third kappa shape index (κ3) is 1.57. The van der Waals surface area contributed by atoms with Crippen LogP contribution in [0.1, 0.15) is 30.7 Å². The molecule has 0 amide bonds. The van der Waals surface area contributed by atoms with E-state index < -0.39 is 0 Å². The molecule has 1 unspecified atom stereocenters. The van der Waals surface area contributed by atoms with Gasteiger partial charge >= 0.3 is 0 Å². The Balaban J connectivity index is 2.01. The van der Waals surface area contributed by atoms with E-state index in [1.165, 1.54) is 29.9 Å². The maximum Gasteiger partial charge on any atom is 0.0417 e. The van der Waals surface area contributed by atoms with Gasteiger partial charge < -0.3 is 0 Å². The Morgan fingerprint density at radius 2 is 2.07 bits per heavy atom. The molecule has 0 spiro atoms. The summed E-state index contributed by atoms with van der Waals surface area (Å²) in [5.41, 5.74) is 1.56. The molecule has 0 nitrogen and oxygen atoms in total. The molecule has 1 aromatic carbocycles. The van der Waals surface area contributed by atoms with Crippen molar-refractivity contribution in [2.24, 2.45) is 5.92 Å². The van der Waals surface area contributed by atoms with Gasteiger partial charge in [-0.25, -0.2) is 0 Å². The van der Waals surface area contributed by atoms with Crippen molar-refractivity contribution in [3.8, 4) is 0 Å². The topological polar surface area (TPSA) is 0 Å². The van der Waals surface area contributed by atoms with Crippen molar-refractivity contribution in [2.45, 2.75) is 30.1 Å². The first kappa shape index (κ1) is 9.11. The van der Waals surface area contributed by atoms with Gasteiger partial charge in [-0.3, -0.25) is 0 Å². The molecule has 0 aromatic heterocycles. The van der Waals surface area contributed by atoms with E-state index in [-0.39, 0.29) is 0 Å². The van der Waals surface area contributed by atoms with E-state index in [4.69, 9.17) is 11.6 Å². The zero-order valence-corrected chi connectivity index (χ0v) is 9.57. The Hall–Kier alpha value is -0.140. The van der Waals surface area contributed by atoms with Crippen molar-refractivity contribution in [2.75, 3.05) is 5.75 Å². The molecule has 0 bridgehead atoms. The Morgan fingerprint density at radius 3 is 2.86 bits per heavy atom. The third-order valence-corrected chi connectivity index (χ3v) is 4.59. The van der Waals surface area contributed by atoms with E-state index in [0.717, 1.165) is 16.9 Å². The highest BCUT2D eigenvalue weighted by molar-refractivity contribution is 7.99. The number of rotatable bonds is 1. The lowest BCUT2D eigenvalue weighted by Crippen LogP contribution is -2.08. The largest absolute Gasteiger partial charge is 0.126 e. The molecule has 74 valence electrons. The molecule has 0 N–H and O–H groups in total. The smallest absolute Gasteiger partial charge is 0.0417 e. The van der Waals surface area contributed by atoms with Crippen LogP contribution < -0.4 is 0 Å². The van der Waals surface area contributed by atoms with Crippen LogP contribution in [0.5, 0.6) is 0 Å². The number of thioether (sulfide) groups is 1. The van der Waals surface area contributed by atoms with Crippen molar-refractivity contribution in [3.05, 3.63) is 28.8 Å². The van der Waals surface area contributed by atoms with Crippen LogP contribution in [0.3, 0.4) is 0 Å². The van der Waals surface area contributed by atoms with Crippen molar-refractivity contribution < 1.29 is 0 Å². The van der Waals surface area contributed by atoms with Crippen molar-refractivity contribution in [3.63, 3.8) is 0 Å². The molecule has 14 heavy (non-hydrogen) atoms. The van der Waals surface area contributed by atoms with Crippen LogP contribution in [-0.4, -0.2) is 5.75 Å². The van der Waals surface area contributed by atoms with Gasteiger partial charge in [-0.05, 0) is 54.5 Å². The fraction of sp³-hybridized carbons (Fsp3) is 0.500. The Morgan fingerprint density at radius 1 is 1.21 bits per heavy atom. The molecule has 1 heterocycles. The maximum absolute atomic E-state index is 6.01. The van der Waals surface area contributed by atoms with Crippen molar-refractivity contribution in [1.29, 1.82) is 0 Å². The lowest BCUT2D eigenvalue weighted by molar-refractivity contribution is 0.574. The lowest BCUT2D eigenvalue weighted by atomic mass is 9.91. The summed E-state index contributed by atoms with van der Waals surface area (Å²) in [6.45, 7) is 0. The monoisotopic (exact) mass is 224 g/mol. The molecule has 2 heteroatoms. The molecular weight excluding hydrogens is 212 g/mol. The van der Waals surface area contributed by atoms with Gasteiger partial charge in [0.1, 0.15) is 0 Å². The Kier molecular flexibility index (Phi) is 2.25. The second kappa shape index (κ2) is 3.46. The van der Waals surface area contributed by atoms with Crippen LogP contribution in [0.2, 0.25) is 5.02 Å². The number of hydrogen-bond acceptors (Lipinski definition) is 1. The van der Waals surface area contributed by atoms with Crippen LogP contribution in [0, 0.1) is 5.92 Å². The van der Waals surface area contributed by atoms with Gasteiger partial charge in [-0.15, -0.1) is 11.8 Å². The van der Waals surface area contributed by atoms with E-state index in [1.807, 2.05) is 17.8 Å². The summed E-state index contributed by atoms with van der Waals surface area (Å²) in [5.74, 6) is 3.09. The lowest BCUT2D eigenvalue weighted by Gasteiger charge is -2.24. The van der Waals surface area contributed by atoms with Gasteiger partial charge in [0.2, 0.25) is 0 Å². The Bertz CT molecular complexity index is 357. The van der Waals surface area contributed by atoms with Gasteiger partial charge in [-0.2, -0.15) is 0 Å². The molecule has 3 rings (SSSR count). The number of hydrogen-bond donors (Lipinski definition) is 0. The molecule has 0 radical (unpaired) electrons. The minimum atomic E-state index is 0.837. The molecule has 1 aromatic rings. The highest BCUT2D eigenvalue weighted by atomic mass is 35.5. The molecule has 1 atom stereocenters. The van der Waals surface area contributed by atoms with Gasteiger partial charge in [-0.1, -0.05) is 17.7 Å². The summed E-state index contributed by atoms with van der Waals surface area (Å²) >= 11 is 7.97.